The van der Waals surface area contributed by atoms with E-state index >= 15 is 0 Å². The molecule has 0 aliphatic carbocycles. The number of nitrogens with zero attached hydrogens (tertiary/aromatic N) is 2. The van der Waals surface area contributed by atoms with Crippen molar-refractivity contribution in [2.24, 2.45) is 5.41 Å². The Kier molecular flexibility index (Phi) is 10.4. The molecule has 1 aliphatic heterocycles. The molecule has 202 valence electrons. The van der Waals surface area contributed by atoms with E-state index in [-0.39, 0.29) is 25.5 Å². The number of alkyl halides is 1. The van der Waals surface area contributed by atoms with Gasteiger partial charge >= 0.3 is 0 Å². The Balaban J connectivity index is 1.65. The minimum absolute atomic E-state index is 0.0353. The maximum absolute atomic E-state index is 13.5. The molecule has 1 saturated heterocycles. The summed E-state index contributed by atoms with van der Waals surface area (Å²) >= 11 is 3.74. The first-order chi connectivity index (χ1) is 17.5. The molecule has 0 spiro atoms. The summed E-state index contributed by atoms with van der Waals surface area (Å²) in [6.45, 7) is 8.14. The summed E-state index contributed by atoms with van der Waals surface area (Å²) in [6, 6.07) is 6.21. The SMILES string of the molecule is Cc1ncsc1-c1ccc(CNC(=O)[C@@H]2C[C@@H](O)CN2C(=O)C(NC(=O)COCCI)C(C)(C)C)cc1. The third-order valence-corrected chi connectivity index (χ3v) is 7.58. The van der Waals surface area contributed by atoms with Crippen LogP contribution < -0.4 is 10.6 Å². The van der Waals surface area contributed by atoms with Gasteiger partial charge in [0.25, 0.3) is 0 Å². The molecule has 2 heterocycles. The third kappa shape index (κ3) is 7.95. The van der Waals surface area contributed by atoms with Gasteiger partial charge in [-0.1, -0.05) is 67.6 Å². The number of aliphatic hydroxyl groups excluding tert-OH is 1. The van der Waals surface area contributed by atoms with E-state index in [9.17, 15) is 19.5 Å². The van der Waals surface area contributed by atoms with Crippen LogP contribution in [0.4, 0.5) is 0 Å². The fourth-order valence-corrected chi connectivity index (χ4v) is 5.33. The summed E-state index contributed by atoms with van der Waals surface area (Å²) in [4.78, 5) is 45.9. The molecule has 1 unspecified atom stereocenters. The highest BCUT2D eigenvalue weighted by atomic mass is 127. The molecule has 0 radical (unpaired) electrons. The number of amides is 3. The van der Waals surface area contributed by atoms with Gasteiger partial charge in [0.1, 0.15) is 18.7 Å². The van der Waals surface area contributed by atoms with Crippen molar-refractivity contribution in [3.8, 4) is 10.4 Å². The zero-order chi connectivity index (χ0) is 27.2. The normalized spacial score (nSPS) is 18.5. The van der Waals surface area contributed by atoms with Crippen molar-refractivity contribution in [1.29, 1.82) is 0 Å². The van der Waals surface area contributed by atoms with Crippen LogP contribution in [0.2, 0.25) is 0 Å². The van der Waals surface area contributed by atoms with Crippen LogP contribution in [0.1, 0.15) is 38.4 Å². The number of thiazole rings is 1. The van der Waals surface area contributed by atoms with Crippen LogP contribution in [0.5, 0.6) is 0 Å². The average Bonchev–Trinajstić information content (AvgIpc) is 3.46. The lowest BCUT2D eigenvalue weighted by molar-refractivity contribution is -0.144. The molecule has 3 rings (SSSR count). The molecular formula is C26H35IN4O5S. The summed E-state index contributed by atoms with van der Waals surface area (Å²) in [5, 5.41) is 16.0. The number of β-amino-alcohol motifs (C(OH)–C–C–N with tert-alkyl or cyclic N) is 1. The van der Waals surface area contributed by atoms with E-state index in [4.69, 9.17) is 4.74 Å². The Morgan fingerprint density at radius 1 is 1.27 bits per heavy atom. The van der Waals surface area contributed by atoms with Crippen molar-refractivity contribution in [2.45, 2.75) is 58.8 Å². The molecule has 3 N–H and O–H groups in total. The number of carbonyl (C=O) groups excluding carboxylic acids is 3. The second-order valence-corrected chi connectivity index (χ2v) is 12.1. The van der Waals surface area contributed by atoms with Gasteiger partial charge in [0.05, 0.1) is 28.8 Å². The lowest BCUT2D eigenvalue weighted by Crippen LogP contribution is -2.58. The minimum atomic E-state index is -0.869. The van der Waals surface area contributed by atoms with Crippen LogP contribution in [-0.4, -0.2) is 75.1 Å². The van der Waals surface area contributed by atoms with Gasteiger partial charge in [0.2, 0.25) is 17.7 Å². The zero-order valence-electron chi connectivity index (χ0n) is 21.6. The zero-order valence-corrected chi connectivity index (χ0v) is 24.6. The number of aliphatic hydroxyl groups is 1. The predicted octanol–water partition coefficient (Wildman–Crippen LogP) is 2.68. The number of aryl methyl sites for hydroxylation is 1. The van der Waals surface area contributed by atoms with E-state index in [1.54, 1.807) is 11.3 Å². The summed E-state index contributed by atoms with van der Waals surface area (Å²) in [5.74, 6) is -1.12. The van der Waals surface area contributed by atoms with Crippen molar-refractivity contribution in [3.63, 3.8) is 0 Å². The standard InChI is InChI=1S/C26H35IN4O5S/c1-16-22(37-15-29-16)18-7-5-17(6-8-18)12-28-24(34)20-11-19(32)13-31(20)25(35)23(26(2,3)4)30-21(33)14-36-10-9-27/h5-8,15,19-20,23,32H,9-14H2,1-4H3,(H,28,34)(H,30,33)/t19-,20+,23?/m1/s1. The molecule has 1 fully saturated rings. The van der Waals surface area contributed by atoms with E-state index in [0.717, 1.165) is 26.1 Å². The molecule has 37 heavy (non-hydrogen) atoms. The quantitative estimate of drug-likeness (QED) is 0.208. The van der Waals surface area contributed by atoms with Gasteiger partial charge in [-0.2, -0.15) is 0 Å². The van der Waals surface area contributed by atoms with Gasteiger partial charge in [-0.05, 0) is 23.5 Å². The summed E-state index contributed by atoms with van der Waals surface area (Å²) in [5.41, 5.74) is 4.18. The van der Waals surface area contributed by atoms with Crippen LogP contribution in [-0.2, 0) is 25.7 Å². The van der Waals surface area contributed by atoms with E-state index < -0.39 is 35.4 Å². The fraction of sp³-hybridized carbons (Fsp3) is 0.538. The van der Waals surface area contributed by atoms with Crippen LogP contribution >= 0.6 is 33.9 Å². The fourth-order valence-electron chi connectivity index (χ4n) is 4.20. The lowest BCUT2D eigenvalue weighted by atomic mass is 9.85. The topological polar surface area (TPSA) is 121 Å². The number of benzene rings is 1. The molecule has 11 heteroatoms. The second kappa shape index (κ2) is 13.1. The third-order valence-electron chi connectivity index (χ3n) is 6.17. The highest BCUT2D eigenvalue weighted by molar-refractivity contribution is 14.1. The summed E-state index contributed by atoms with van der Waals surface area (Å²) < 4.78 is 6.05. The Bertz CT molecular complexity index is 1090. The molecule has 2 aromatic rings. The van der Waals surface area contributed by atoms with E-state index in [0.29, 0.717) is 13.2 Å². The van der Waals surface area contributed by atoms with Gasteiger partial charge in [-0.3, -0.25) is 14.4 Å². The van der Waals surface area contributed by atoms with E-state index in [1.807, 2.05) is 57.5 Å². The number of rotatable bonds is 10. The van der Waals surface area contributed by atoms with E-state index in [1.165, 1.54) is 4.90 Å². The molecule has 9 nitrogen and oxygen atoms in total. The first-order valence-electron chi connectivity index (χ1n) is 12.2. The number of ether oxygens (including phenoxy) is 1. The molecule has 1 aromatic heterocycles. The monoisotopic (exact) mass is 642 g/mol. The maximum atomic E-state index is 13.5. The molecule has 0 saturated carbocycles. The highest BCUT2D eigenvalue weighted by Crippen LogP contribution is 2.28. The Morgan fingerprint density at radius 2 is 1.97 bits per heavy atom. The first-order valence-corrected chi connectivity index (χ1v) is 14.6. The van der Waals surface area contributed by atoms with Gasteiger partial charge in [-0.15, -0.1) is 11.3 Å². The van der Waals surface area contributed by atoms with Crippen LogP contribution in [0.3, 0.4) is 0 Å². The minimum Gasteiger partial charge on any atom is -0.391 e. The largest absolute Gasteiger partial charge is 0.391 e. The van der Waals surface area contributed by atoms with Crippen molar-refractivity contribution < 1.29 is 24.2 Å². The van der Waals surface area contributed by atoms with Crippen molar-refractivity contribution >= 4 is 51.6 Å². The van der Waals surface area contributed by atoms with E-state index in [2.05, 4.69) is 38.2 Å². The highest BCUT2D eigenvalue weighted by Gasteiger charge is 2.44. The Labute approximate surface area is 235 Å². The first kappa shape index (κ1) is 29.5. The average molecular weight is 643 g/mol. The van der Waals surface area contributed by atoms with Crippen molar-refractivity contribution in [1.82, 2.24) is 20.5 Å². The summed E-state index contributed by atoms with van der Waals surface area (Å²) in [6.07, 6.45) is -0.671. The maximum Gasteiger partial charge on any atom is 0.246 e. The van der Waals surface area contributed by atoms with Gasteiger partial charge < -0.3 is 25.4 Å². The molecule has 1 aromatic carbocycles. The van der Waals surface area contributed by atoms with Crippen LogP contribution in [0.25, 0.3) is 10.4 Å². The number of halogens is 1. The number of aromatic nitrogens is 1. The number of hydrogen-bond acceptors (Lipinski definition) is 7. The molecular weight excluding hydrogens is 607 g/mol. The predicted molar refractivity (Wildman–Crippen MR) is 151 cm³/mol. The van der Waals surface area contributed by atoms with Gasteiger partial charge in [0.15, 0.2) is 0 Å². The molecule has 1 aliphatic rings. The lowest BCUT2D eigenvalue weighted by Gasteiger charge is -2.35. The number of likely N-dealkylation sites (tertiary alicyclic amines) is 1. The molecule has 0 bridgehead atoms. The molecule has 3 atom stereocenters. The van der Waals surface area contributed by atoms with Crippen LogP contribution in [0, 0.1) is 12.3 Å². The Hall–Kier alpha value is -2.09. The number of hydrogen-bond donors (Lipinski definition) is 3. The van der Waals surface area contributed by atoms with Crippen LogP contribution in [0.15, 0.2) is 29.8 Å². The van der Waals surface area contributed by atoms with Gasteiger partial charge in [-0.25, -0.2) is 4.98 Å². The van der Waals surface area contributed by atoms with Gasteiger partial charge in [0, 0.05) is 23.9 Å². The Morgan fingerprint density at radius 3 is 2.57 bits per heavy atom. The van der Waals surface area contributed by atoms with Crippen molar-refractivity contribution in [3.05, 3.63) is 41.0 Å². The second-order valence-electron chi connectivity index (χ2n) is 10.2. The number of nitrogens with one attached hydrogen (secondary N) is 2. The summed E-state index contributed by atoms with van der Waals surface area (Å²) in [7, 11) is 0. The number of carbonyl (C=O) groups is 3. The smallest absolute Gasteiger partial charge is 0.246 e. The molecule has 3 amide bonds. The van der Waals surface area contributed by atoms with Crippen molar-refractivity contribution in [2.75, 3.05) is 24.2 Å².